The molecule has 0 heterocycles. The van der Waals surface area contributed by atoms with Crippen LogP contribution in [0.3, 0.4) is 0 Å². The van der Waals surface area contributed by atoms with Crippen molar-refractivity contribution in [2.75, 3.05) is 10.6 Å². The van der Waals surface area contributed by atoms with Gasteiger partial charge in [-0.25, -0.2) is 17.9 Å². The summed E-state index contributed by atoms with van der Waals surface area (Å²) in [5.41, 5.74) is 2.03. The van der Waals surface area contributed by atoms with Gasteiger partial charge >= 0.3 is 0 Å². The van der Waals surface area contributed by atoms with Crippen LogP contribution in [0.5, 0.6) is 0 Å². The molecule has 0 aliphatic heterocycles. The number of primary sulfonamides is 1. The van der Waals surface area contributed by atoms with E-state index in [1.165, 1.54) is 12.1 Å². The summed E-state index contributed by atoms with van der Waals surface area (Å²) in [4.78, 5) is 0.0201. The predicted octanol–water partition coefficient (Wildman–Crippen LogP) is 2.90. The van der Waals surface area contributed by atoms with Gasteiger partial charge in [-0.1, -0.05) is 12.1 Å². The number of aryl methyl sites for hydroxylation is 2. The van der Waals surface area contributed by atoms with Crippen LogP contribution >= 0.6 is 12.2 Å². The molecule has 0 fully saturated rings. The van der Waals surface area contributed by atoms with E-state index in [2.05, 4.69) is 10.6 Å². The van der Waals surface area contributed by atoms with E-state index in [4.69, 9.17) is 17.4 Å². The van der Waals surface area contributed by atoms with Crippen molar-refractivity contribution in [2.24, 2.45) is 5.14 Å². The average Bonchev–Trinajstić information content (AvgIpc) is 2.44. The lowest BCUT2D eigenvalue weighted by Crippen LogP contribution is -2.20. The summed E-state index contributed by atoms with van der Waals surface area (Å²) in [7, 11) is -3.81. The van der Waals surface area contributed by atoms with Crippen molar-refractivity contribution >= 4 is 38.7 Å². The molecule has 23 heavy (non-hydrogen) atoms. The Morgan fingerprint density at radius 3 is 2.09 bits per heavy atom. The van der Waals surface area contributed by atoms with Crippen LogP contribution in [0.4, 0.5) is 15.8 Å². The second kappa shape index (κ2) is 6.61. The van der Waals surface area contributed by atoms with Gasteiger partial charge in [0.2, 0.25) is 10.0 Å². The van der Waals surface area contributed by atoms with Gasteiger partial charge in [0, 0.05) is 11.4 Å². The molecule has 0 amide bonds. The second-order valence-corrected chi connectivity index (χ2v) is 7.01. The molecule has 8 heteroatoms. The summed E-state index contributed by atoms with van der Waals surface area (Å²) in [6.07, 6.45) is 0. The maximum Gasteiger partial charge on any atom is 0.238 e. The van der Waals surface area contributed by atoms with Crippen LogP contribution in [0.15, 0.2) is 41.3 Å². The fourth-order valence-corrected chi connectivity index (χ4v) is 2.99. The molecule has 2 rings (SSSR count). The topological polar surface area (TPSA) is 84.2 Å². The highest BCUT2D eigenvalue weighted by Crippen LogP contribution is 2.19. The van der Waals surface area contributed by atoms with Crippen molar-refractivity contribution in [1.29, 1.82) is 0 Å². The largest absolute Gasteiger partial charge is 0.332 e. The summed E-state index contributed by atoms with van der Waals surface area (Å²) < 4.78 is 36.5. The zero-order valence-corrected chi connectivity index (χ0v) is 14.2. The third-order valence-electron chi connectivity index (χ3n) is 3.18. The standard InChI is InChI=1S/C15H16FN3O2S2/c1-9-3-5-11(7-13(9)16)18-15(22)19-12-6-4-10(2)14(8-12)23(17,20)21/h3-8H,1-2H3,(H2,17,20,21)(H2,18,19,22). The van der Waals surface area contributed by atoms with E-state index in [9.17, 15) is 12.8 Å². The Kier molecular flexibility index (Phi) is 4.98. The van der Waals surface area contributed by atoms with Crippen molar-refractivity contribution in [2.45, 2.75) is 18.7 Å². The van der Waals surface area contributed by atoms with Gasteiger partial charge in [-0.3, -0.25) is 0 Å². The fourth-order valence-electron chi connectivity index (χ4n) is 1.95. The Morgan fingerprint density at radius 2 is 1.57 bits per heavy atom. The number of rotatable bonds is 3. The van der Waals surface area contributed by atoms with E-state index >= 15 is 0 Å². The quantitative estimate of drug-likeness (QED) is 0.739. The smallest absolute Gasteiger partial charge is 0.238 e. The minimum absolute atomic E-state index is 0.0201. The van der Waals surface area contributed by atoms with Gasteiger partial charge in [-0.05, 0) is 61.5 Å². The first-order chi connectivity index (χ1) is 10.7. The molecule has 0 spiro atoms. The lowest BCUT2D eigenvalue weighted by Gasteiger charge is -2.12. The maximum atomic E-state index is 13.5. The summed E-state index contributed by atoms with van der Waals surface area (Å²) in [5, 5.41) is 11.0. The van der Waals surface area contributed by atoms with E-state index < -0.39 is 10.0 Å². The third-order valence-corrected chi connectivity index (χ3v) is 4.44. The van der Waals surface area contributed by atoms with Gasteiger partial charge in [-0.15, -0.1) is 0 Å². The Morgan fingerprint density at radius 1 is 1.04 bits per heavy atom. The van der Waals surface area contributed by atoms with Gasteiger partial charge in [0.25, 0.3) is 0 Å². The van der Waals surface area contributed by atoms with Gasteiger partial charge in [0.1, 0.15) is 5.82 Å². The lowest BCUT2D eigenvalue weighted by molar-refractivity contribution is 0.597. The van der Waals surface area contributed by atoms with Crippen molar-refractivity contribution < 1.29 is 12.8 Å². The van der Waals surface area contributed by atoms with E-state index in [0.717, 1.165) is 0 Å². The summed E-state index contributed by atoms with van der Waals surface area (Å²) in [5.74, 6) is -0.343. The molecule has 122 valence electrons. The highest BCUT2D eigenvalue weighted by molar-refractivity contribution is 7.89. The zero-order chi connectivity index (χ0) is 17.2. The molecule has 0 saturated heterocycles. The van der Waals surface area contributed by atoms with Crippen molar-refractivity contribution in [1.82, 2.24) is 0 Å². The highest BCUT2D eigenvalue weighted by Gasteiger charge is 2.12. The molecule has 2 aromatic carbocycles. The Balaban J connectivity index is 2.16. The van der Waals surface area contributed by atoms with Crippen LogP contribution in [0, 0.1) is 19.7 Å². The van der Waals surface area contributed by atoms with Gasteiger partial charge in [-0.2, -0.15) is 0 Å². The number of sulfonamides is 1. The SMILES string of the molecule is Cc1ccc(NC(=S)Nc2ccc(C)c(S(N)(=O)=O)c2)cc1F. The van der Waals surface area contributed by atoms with Crippen LogP contribution in [0.2, 0.25) is 0 Å². The number of thiocarbonyl (C=S) groups is 1. The molecule has 0 bridgehead atoms. The normalized spacial score (nSPS) is 11.1. The Bertz CT molecular complexity index is 867. The minimum Gasteiger partial charge on any atom is -0.332 e. The molecule has 2 aromatic rings. The summed E-state index contributed by atoms with van der Waals surface area (Å²) >= 11 is 5.14. The fraction of sp³-hybridized carbons (Fsp3) is 0.133. The van der Waals surface area contributed by atoms with Crippen LogP contribution in [0.1, 0.15) is 11.1 Å². The molecule has 0 saturated carbocycles. The van der Waals surface area contributed by atoms with Crippen molar-refractivity contribution in [3.63, 3.8) is 0 Å². The molecule has 0 radical (unpaired) electrons. The Hall–Kier alpha value is -2.03. The first-order valence-electron chi connectivity index (χ1n) is 6.64. The number of nitrogens with one attached hydrogen (secondary N) is 2. The Labute approximate surface area is 139 Å². The summed E-state index contributed by atoms with van der Waals surface area (Å²) in [6.45, 7) is 3.31. The molecular formula is C15H16FN3O2S2. The molecular weight excluding hydrogens is 337 g/mol. The van der Waals surface area contributed by atoms with Gasteiger partial charge in [0.15, 0.2) is 5.11 Å². The van der Waals surface area contributed by atoms with Crippen LogP contribution in [-0.2, 0) is 10.0 Å². The average molecular weight is 353 g/mol. The number of anilines is 2. The molecule has 4 N–H and O–H groups in total. The third kappa shape index (κ3) is 4.47. The van der Waals surface area contributed by atoms with E-state index in [0.29, 0.717) is 22.5 Å². The number of nitrogens with two attached hydrogens (primary N) is 1. The molecule has 0 aliphatic rings. The molecule has 0 atom stereocenters. The first-order valence-corrected chi connectivity index (χ1v) is 8.60. The molecule has 5 nitrogen and oxygen atoms in total. The number of hydrogen-bond donors (Lipinski definition) is 3. The van der Waals surface area contributed by atoms with E-state index in [1.807, 2.05) is 0 Å². The number of hydrogen-bond acceptors (Lipinski definition) is 3. The van der Waals surface area contributed by atoms with Crippen LogP contribution in [-0.4, -0.2) is 13.5 Å². The summed E-state index contributed by atoms with van der Waals surface area (Å²) in [6, 6.07) is 9.34. The minimum atomic E-state index is -3.81. The lowest BCUT2D eigenvalue weighted by atomic mass is 10.2. The van der Waals surface area contributed by atoms with Crippen LogP contribution in [0.25, 0.3) is 0 Å². The molecule has 0 aliphatic carbocycles. The number of halogens is 1. The van der Waals surface area contributed by atoms with Gasteiger partial charge < -0.3 is 10.6 Å². The zero-order valence-electron chi connectivity index (χ0n) is 12.6. The maximum absolute atomic E-state index is 13.5. The second-order valence-electron chi connectivity index (χ2n) is 5.07. The highest BCUT2D eigenvalue weighted by atomic mass is 32.2. The van der Waals surface area contributed by atoms with Crippen molar-refractivity contribution in [3.05, 3.63) is 53.3 Å². The molecule has 0 unspecified atom stereocenters. The molecule has 0 aromatic heterocycles. The number of benzene rings is 2. The first kappa shape index (κ1) is 17.3. The van der Waals surface area contributed by atoms with Crippen LogP contribution < -0.4 is 15.8 Å². The predicted molar refractivity (Wildman–Crippen MR) is 93.5 cm³/mol. The van der Waals surface area contributed by atoms with E-state index in [-0.39, 0.29) is 15.8 Å². The monoisotopic (exact) mass is 353 g/mol. The van der Waals surface area contributed by atoms with E-state index in [1.54, 1.807) is 38.1 Å². The van der Waals surface area contributed by atoms with Gasteiger partial charge in [0.05, 0.1) is 4.90 Å². The van der Waals surface area contributed by atoms with Crippen molar-refractivity contribution in [3.8, 4) is 0 Å².